The van der Waals surface area contributed by atoms with Crippen LogP contribution in [0.4, 0.5) is 10.1 Å². The lowest BCUT2D eigenvalue weighted by molar-refractivity contribution is 0.101. The molecule has 0 spiro atoms. The molecule has 0 radical (unpaired) electrons. The highest BCUT2D eigenvalue weighted by atomic mass is 19.1. The number of anilines is 1. The fraction of sp³-hybridized carbons (Fsp3) is 0.533. The fourth-order valence-electron chi connectivity index (χ4n) is 2.48. The molecular formula is C15H20FNO2. The molecular weight excluding hydrogens is 245 g/mol. The number of nitrogens with zero attached hydrogens (tertiary/aromatic N) is 1. The first-order chi connectivity index (χ1) is 9.13. The Morgan fingerprint density at radius 1 is 1.47 bits per heavy atom. The van der Waals surface area contributed by atoms with Crippen LogP contribution in [-0.4, -0.2) is 30.1 Å². The van der Waals surface area contributed by atoms with Gasteiger partial charge in [0.05, 0.1) is 0 Å². The van der Waals surface area contributed by atoms with E-state index in [4.69, 9.17) is 5.11 Å². The van der Waals surface area contributed by atoms with Gasteiger partial charge < -0.3 is 10.0 Å². The normalized spacial score (nSPS) is 15.1. The first-order valence-electron chi connectivity index (χ1n) is 6.81. The Labute approximate surface area is 113 Å². The van der Waals surface area contributed by atoms with E-state index in [0.717, 1.165) is 18.5 Å². The summed E-state index contributed by atoms with van der Waals surface area (Å²) in [4.78, 5) is 13.8. The van der Waals surface area contributed by atoms with Crippen LogP contribution in [0, 0.1) is 5.82 Å². The number of rotatable bonds is 6. The second-order valence-corrected chi connectivity index (χ2v) is 5.07. The summed E-state index contributed by atoms with van der Waals surface area (Å²) in [6.45, 7) is 2.29. The Morgan fingerprint density at radius 3 is 2.74 bits per heavy atom. The van der Waals surface area contributed by atoms with Gasteiger partial charge in [0.1, 0.15) is 5.82 Å². The van der Waals surface area contributed by atoms with Crippen molar-refractivity contribution in [2.75, 3.05) is 18.1 Å². The summed E-state index contributed by atoms with van der Waals surface area (Å²) in [6.07, 6.45) is 4.04. The smallest absolute Gasteiger partial charge is 0.161 e. The van der Waals surface area contributed by atoms with Gasteiger partial charge in [0.2, 0.25) is 0 Å². The largest absolute Gasteiger partial charge is 0.396 e. The van der Waals surface area contributed by atoms with Gasteiger partial charge in [-0.15, -0.1) is 0 Å². The van der Waals surface area contributed by atoms with Gasteiger partial charge in [-0.3, -0.25) is 4.79 Å². The molecule has 4 heteroatoms. The average Bonchev–Trinajstić information content (AvgIpc) is 2.32. The second kappa shape index (κ2) is 6.15. The molecule has 1 aliphatic carbocycles. The lowest BCUT2D eigenvalue weighted by atomic mass is 9.90. The lowest BCUT2D eigenvalue weighted by Gasteiger charge is -2.40. The predicted molar refractivity (Wildman–Crippen MR) is 73.1 cm³/mol. The van der Waals surface area contributed by atoms with E-state index in [2.05, 4.69) is 4.90 Å². The van der Waals surface area contributed by atoms with Crippen LogP contribution < -0.4 is 4.90 Å². The third kappa shape index (κ3) is 3.13. The van der Waals surface area contributed by atoms with E-state index in [1.807, 2.05) is 0 Å². The number of carbonyl (C=O) groups is 1. The Morgan fingerprint density at radius 2 is 2.21 bits per heavy atom. The topological polar surface area (TPSA) is 40.5 Å². The van der Waals surface area contributed by atoms with Crippen molar-refractivity contribution in [2.24, 2.45) is 0 Å². The molecule has 0 amide bonds. The summed E-state index contributed by atoms with van der Waals surface area (Å²) < 4.78 is 13.3. The minimum atomic E-state index is -0.385. The van der Waals surface area contributed by atoms with Gasteiger partial charge in [0.15, 0.2) is 5.78 Å². The average molecular weight is 265 g/mol. The predicted octanol–water partition coefficient (Wildman–Crippen LogP) is 2.77. The zero-order valence-corrected chi connectivity index (χ0v) is 11.2. The Kier molecular flexibility index (Phi) is 4.53. The Bertz CT molecular complexity index is 457. The number of Topliss-reactive ketones (excluding diaryl/α,β-unsaturated/α-hetero) is 1. The minimum absolute atomic E-state index is 0.122. The maximum Gasteiger partial charge on any atom is 0.161 e. The van der Waals surface area contributed by atoms with Crippen LogP contribution in [0.5, 0.6) is 0 Å². The van der Waals surface area contributed by atoms with Crippen LogP contribution in [0.2, 0.25) is 0 Å². The van der Waals surface area contributed by atoms with Gasteiger partial charge in [0, 0.05) is 30.4 Å². The molecule has 1 aromatic carbocycles. The van der Waals surface area contributed by atoms with Crippen LogP contribution in [0.25, 0.3) is 0 Å². The molecule has 0 aliphatic heterocycles. The SMILES string of the molecule is CC(=O)c1cc(F)ccc1N(CCCO)C1CCC1. The Hall–Kier alpha value is -1.42. The molecule has 0 heterocycles. The van der Waals surface area contributed by atoms with Crippen LogP contribution in [0.15, 0.2) is 18.2 Å². The third-order valence-corrected chi connectivity index (χ3v) is 3.72. The van der Waals surface area contributed by atoms with E-state index in [0.29, 0.717) is 24.6 Å². The number of benzene rings is 1. The van der Waals surface area contributed by atoms with Crippen molar-refractivity contribution < 1.29 is 14.3 Å². The first kappa shape index (κ1) is 14.0. The van der Waals surface area contributed by atoms with Crippen molar-refractivity contribution >= 4 is 11.5 Å². The molecule has 1 N–H and O–H groups in total. The highest BCUT2D eigenvalue weighted by Gasteiger charge is 2.27. The van der Waals surface area contributed by atoms with E-state index >= 15 is 0 Å². The van der Waals surface area contributed by atoms with E-state index in [9.17, 15) is 9.18 Å². The maximum atomic E-state index is 13.3. The van der Waals surface area contributed by atoms with Gasteiger partial charge in [-0.25, -0.2) is 4.39 Å². The van der Waals surface area contributed by atoms with Gasteiger partial charge >= 0.3 is 0 Å². The molecule has 0 bridgehead atoms. The summed E-state index contributed by atoms with van der Waals surface area (Å²) in [7, 11) is 0. The lowest BCUT2D eigenvalue weighted by Crippen LogP contribution is -2.41. The second-order valence-electron chi connectivity index (χ2n) is 5.07. The highest BCUT2D eigenvalue weighted by Crippen LogP contribution is 2.32. The van der Waals surface area contributed by atoms with Crippen molar-refractivity contribution in [3.63, 3.8) is 0 Å². The summed E-state index contributed by atoms with van der Waals surface area (Å²) in [5.41, 5.74) is 1.23. The summed E-state index contributed by atoms with van der Waals surface area (Å²) in [5, 5.41) is 9.00. The van der Waals surface area contributed by atoms with Crippen LogP contribution in [0.1, 0.15) is 43.0 Å². The molecule has 0 atom stereocenters. The summed E-state index contributed by atoms with van der Waals surface area (Å²) in [5.74, 6) is -0.507. The van der Waals surface area contributed by atoms with Gasteiger partial charge in [0.25, 0.3) is 0 Å². The molecule has 0 saturated heterocycles. The van der Waals surface area contributed by atoms with Crippen molar-refractivity contribution in [1.82, 2.24) is 0 Å². The number of aliphatic hydroxyl groups is 1. The van der Waals surface area contributed by atoms with Crippen LogP contribution in [-0.2, 0) is 0 Å². The molecule has 1 aliphatic rings. The fourth-order valence-corrected chi connectivity index (χ4v) is 2.48. The first-order valence-corrected chi connectivity index (χ1v) is 6.81. The Balaban J connectivity index is 2.31. The van der Waals surface area contributed by atoms with Crippen LogP contribution >= 0.6 is 0 Å². The van der Waals surface area contributed by atoms with E-state index in [1.165, 1.54) is 25.5 Å². The molecule has 19 heavy (non-hydrogen) atoms. The molecule has 1 saturated carbocycles. The molecule has 104 valence electrons. The monoisotopic (exact) mass is 265 g/mol. The number of aliphatic hydroxyl groups excluding tert-OH is 1. The minimum Gasteiger partial charge on any atom is -0.396 e. The molecule has 2 rings (SSSR count). The number of halogens is 1. The highest BCUT2D eigenvalue weighted by molar-refractivity contribution is 5.99. The van der Waals surface area contributed by atoms with Crippen molar-refractivity contribution in [3.8, 4) is 0 Å². The standard InChI is InChI=1S/C15H20FNO2/c1-11(19)14-10-12(16)6-7-15(14)17(8-3-9-18)13-4-2-5-13/h6-7,10,13,18H,2-5,8-9H2,1H3. The summed E-state index contributed by atoms with van der Waals surface area (Å²) >= 11 is 0. The van der Waals surface area contributed by atoms with Crippen molar-refractivity contribution in [3.05, 3.63) is 29.6 Å². The number of ketones is 1. The van der Waals surface area contributed by atoms with E-state index < -0.39 is 0 Å². The molecule has 0 unspecified atom stereocenters. The quantitative estimate of drug-likeness (QED) is 0.804. The van der Waals surface area contributed by atoms with E-state index in [1.54, 1.807) is 6.07 Å². The van der Waals surface area contributed by atoms with Gasteiger partial charge in [-0.05, 0) is 50.8 Å². The molecule has 1 aromatic rings. The van der Waals surface area contributed by atoms with E-state index in [-0.39, 0.29) is 18.2 Å². The molecule has 3 nitrogen and oxygen atoms in total. The van der Waals surface area contributed by atoms with Gasteiger partial charge in [-0.1, -0.05) is 0 Å². The molecule has 1 fully saturated rings. The van der Waals surface area contributed by atoms with Gasteiger partial charge in [-0.2, -0.15) is 0 Å². The maximum absolute atomic E-state index is 13.3. The zero-order valence-electron chi connectivity index (χ0n) is 11.2. The number of hydrogen-bond donors (Lipinski definition) is 1. The summed E-state index contributed by atoms with van der Waals surface area (Å²) in [6, 6.07) is 4.80. The zero-order chi connectivity index (χ0) is 13.8. The number of hydrogen-bond acceptors (Lipinski definition) is 3. The van der Waals surface area contributed by atoms with Crippen LogP contribution in [0.3, 0.4) is 0 Å². The van der Waals surface area contributed by atoms with Crippen molar-refractivity contribution in [2.45, 2.75) is 38.6 Å². The van der Waals surface area contributed by atoms with Crippen molar-refractivity contribution in [1.29, 1.82) is 0 Å². The number of carbonyl (C=O) groups excluding carboxylic acids is 1. The molecule has 0 aromatic heterocycles. The third-order valence-electron chi connectivity index (χ3n) is 3.72.